The van der Waals surface area contributed by atoms with E-state index >= 15 is 0 Å². The topological polar surface area (TPSA) is 60.0 Å². The normalized spacial score (nSPS) is 10.5. The lowest BCUT2D eigenvalue weighted by Gasteiger charge is -2.18. The number of ether oxygens (including phenoxy) is 3. The fraction of sp³-hybridized carbons (Fsp3) is 0.350. The minimum Gasteiger partial charge on any atom is -0.495 e. The van der Waals surface area contributed by atoms with Crippen molar-refractivity contribution in [3.63, 3.8) is 0 Å². The number of amides is 1. The number of para-hydroxylation sites is 2. The average Bonchev–Trinajstić information content (AvgIpc) is 2.63. The zero-order valence-electron chi connectivity index (χ0n) is 15.7. The van der Waals surface area contributed by atoms with Crippen LogP contribution in [0.15, 0.2) is 42.5 Å². The Morgan fingerprint density at radius 3 is 2.46 bits per heavy atom. The summed E-state index contributed by atoms with van der Waals surface area (Å²) in [5.41, 5.74) is 1.70. The molecule has 6 nitrogen and oxygen atoms in total. The van der Waals surface area contributed by atoms with Crippen molar-refractivity contribution in [2.45, 2.75) is 13.5 Å². The van der Waals surface area contributed by atoms with E-state index in [2.05, 4.69) is 5.32 Å². The van der Waals surface area contributed by atoms with Crippen molar-refractivity contribution in [3.8, 4) is 17.2 Å². The number of anilines is 1. The molecule has 0 aliphatic rings. The Kier molecular flexibility index (Phi) is 7.29. The second kappa shape index (κ2) is 9.68. The number of hydrogen-bond donors (Lipinski definition) is 1. The van der Waals surface area contributed by atoms with Gasteiger partial charge in [-0.15, -0.1) is 0 Å². The molecule has 140 valence electrons. The molecule has 0 saturated heterocycles. The van der Waals surface area contributed by atoms with Gasteiger partial charge in [0.1, 0.15) is 5.75 Å². The highest BCUT2D eigenvalue weighted by Gasteiger charge is 2.12. The highest BCUT2D eigenvalue weighted by Crippen LogP contribution is 2.28. The summed E-state index contributed by atoms with van der Waals surface area (Å²) in [6.07, 6.45) is 0. The van der Waals surface area contributed by atoms with Crippen LogP contribution >= 0.6 is 0 Å². The molecule has 1 N–H and O–H groups in total. The van der Waals surface area contributed by atoms with E-state index in [1.807, 2.05) is 61.3 Å². The first-order valence-corrected chi connectivity index (χ1v) is 8.48. The van der Waals surface area contributed by atoms with Crippen molar-refractivity contribution in [1.82, 2.24) is 4.90 Å². The summed E-state index contributed by atoms with van der Waals surface area (Å²) < 4.78 is 16.1. The summed E-state index contributed by atoms with van der Waals surface area (Å²) in [5, 5.41) is 2.88. The molecular formula is C20H26N2O4. The number of nitrogens with one attached hydrogen (secondary N) is 1. The summed E-state index contributed by atoms with van der Waals surface area (Å²) in [5.74, 6) is 1.95. The van der Waals surface area contributed by atoms with Crippen LogP contribution in [0, 0.1) is 0 Å². The third kappa shape index (κ3) is 5.39. The summed E-state index contributed by atoms with van der Waals surface area (Å²) in [6, 6.07) is 13.1. The third-order valence-electron chi connectivity index (χ3n) is 3.77. The number of methoxy groups -OCH3 is 2. The van der Waals surface area contributed by atoms with Gasteiger partial charge in [0.2, 0.25) is 5.91 Å². The lowest BCUT2D eigenvalue weighted by Crippen LogP contribution is -2.30. The zero-order valence-corrected chi connectivity index (χ0v) is 15.7. The Labute approximate surface area is 154 Å². The molecule has 1 amide bonds. The molecular weight excluding hydrogens is 332 g/mol. The van der Waals surface area contributed by atoms with Crippen LogP contribution in [-0.4, -0.2) is 45.2 Å². The molecule has 26 heavy (non-hydrogen) atoms. The Bertz CT molecular complexity index is 734. The van der Waals surface area contributed by atoms with Gasteiger partial charge in [-0.1, -0.05) is 18.2 Å². The molecule has 2 rings (SSSR count). The van der Waals surface area contributed by atoms with E-state index in [-0.39, 0.29) is 12.5 Å². The number of rotatable bonds is 9. The molecule has 0 spiro atoms. The predicted molar refractivity (Wildman–Crippen MR) is 102 cm³/mol. The van der Waals surface area contributed by atoms with Crippen LogP contribution in [0.5, 0.6) is 17.2 Å². The summed E-state index contributed by atoms with van der Waals surface area (Å²) in [7, 11) is 5.09. The Morgan fingerprint density at radius 1 is 1.04 bits per heavy atom. The second-order valence-electron chi connectivity index (χ2n) is 5.84. The number of benzene rings is 2. The largest absolute Gasteiger partial charge is 0.495 e. The van der Waals surface area contributed by atoms with E-state index in [0.29, 0.717) is 30.3 Å². The molecule has 2 aromatic carbocycles. The summed E-state index contributed by atoms with van der Waals surface area (Å²) in [6.45, 7) is 3.38. The van der Waals surface area contributed by atoms with Gasteiger partial charge in [0.05, 0.1) is 33.1 Å². The lowest BCUT2D eigenvalue weighted by molar-refractivity contribution is -0.117. The van der Waals surface area contributed by atoms with Crippen LogP contribution in [0.3, 0.4) is 0 Å². The van der Waals surface area contributed by atoms with Gasteiger partial charge < -0.3 is 19.5 Å². The number of nitrogens with zero attached hydrogens (tertiary/aromatic N) is 1. The molecule has 0 aromatic heterocycles. The number of carbonyl (C=O) groups is 1. The standard InChI is InChI=1S/C20H26N2O4/c1-5-26-18-11-10-15(12-19(18)25-4)13-22(2)14-20(23)21-16-8-6-7-9-17(16)24-3/h6-12H,5,13-14H2,1-4H3,(H,21,23). The van der Waals surface area contributed by atoms with Crippen molar-refractivity contribution in [2.75, 3.05) is 39.7 Å². The van der Waals surface area contributed by atoms with Crippen LogP contribution in [0.4, 0.5) is 5.69 Å². The van der Waals surface area contributed by atoms with E-state index in [9.17, 15) is 4.79 Å². The first-order chi connectivity index (χ1) is 12.6. The summed E-state index contributed by atoms with van der Waals surface area (Å²) in [4.78, 5) is 14.2. The van der Waals surface area contributed by atoms with Crippen LogP contribution in [0.1, 0.15) is 12.5 Å². The van der Waals surface area contributed by atoms with Crippen LogP contribution in [0.2, 0.25) is 0 Å². The molecule has 0 radical (unpaired) electrons. The molecule has 0 fully saturated rings. The van der Waals surface area contributed by atoms with Crippen molar-refractivity contribution >= 4 is 11.6 Å². The highest BCUT2D eigenvalue weighted by molar-refractivity contribution is 5.93. The minimum absolute atomic E-state index is 0.102. The van der Waals surface area contributed by atoms with Gasteiger partial charge in [0, 0.05) is 6.54 Å². The number of carbonyl (C=O) groups excluding carboxylic acids is 1. The average molecular weight is 358 g/mol. The SMILES string of the molecule is CCOc1ccc(CN(C)CC(=O)Nc2ccccc2OC)cc1OC. The van der Waals surface area contributed by atoms with Gasteiger partial charge in [-0.25, -0.2) is 0 Å². The smallest absolute Gasteiger partial charge is 0.238 e. The molecule has 0 unspecified atom stereocenters. The van der Waals surface area contributed by atoms with E-state index < -0.39 is 0 Å². The van der Waals surface area contributed by atoms with Crippen molar-refractivity contribution in [3.05, 3.63) is 48.0 Å². The summed E-state index contributed by atoms with van der Waals surface area (Å²) >= 11 is 0. The Hall–Kier alpha value is -2.73. The monoisotopic (exact) mass is 358 g/mol. The van der Waals surface area contributed by atoms with Crippen molar-refractivity contribution in [2.24, 2.45) is 0 Å². The quantitative estimate of drug-likeness (QED) is 0.746. The Balaban J connectivity index is 1.95. The van der Waals surface area contributed by atoms with Crippen LogP contribution in [-0.2, 0) is 11.3 Å². The molecule has 0 aliphatic heterocycles. The molecule has 0 atom stereocenters. The number of likely N-dealkylation sites (N-methyl/N-ethyl adjacent to an activating group) is 1. The van der Waals surface area contributed by atoms with Gasteiger partial charge in [-0.2, -0.15) is 0 Å². The fourth-order valence-electron chi connectivity index (χ4n) is 2.64. The highest BCUT2D eigenvalue weighted by atomic mass is 16.5. The Morgan fingerprint density at radius 2 is 1.77 bits per heavy atom. The molecule has 0 aliphatic carbocycles. The lowest BCUT2D eigenvalue weighted by atomic mass is 10.2. The van der Waals surface area contributed by atoms with Gasteiger partial charge in [0.15, 0.2) is 11.5 Å². The first kappa shape index (κ1) is 19.6. The maximum Gasteiger partial charge on any atom is 0.238 e. The maximum atomic E-state index is 12.3. The first-order valence-electron chi connectivity index (χ1n) is 8.48. The van der Waals surface area contributed by atoms with Crippen LogP contribution < -0.4 is 19.5 Å². The van der Waals surface area contributed by atoms with Gasteiger partial charge in [0.25, 0.3) is 0 Å². The third-order valence-corrected chi connectivity index (χ3v) is 3.77. The minimum atomic E-state index is -0.102. The molecule has 0 saturated carbocycles. The molecule has 0 heterocycles. The van der Waals surface area contributed by atoms with Crippen LogP contribution in [0.25, 0.3) is 0 Å². The number of hydrogen-bond acceptors (Lipinski definition) is 5. The van der Waals surface area contributed by atoms with E-state index in [1.165, 1.54) is 0 Å². The van der Waals surface area contributed by atoms with Crippen molar-refractivity contribution in [1.29, 1.82) is 0 Å². The predicted octanol–water partition coefficient (Wildman–Crippen LogP) is 3.17. The maximum absolute atomic E-state index is 12.3. The van der Waals surface area contributed by atoms with E-state index in [4.69, 9.17) is 14.2 Å². The van der Waals surface area contributed by atoms with Gasteiger partial charge in [-0.05, 0) is 43.8 Å². The van der Waals surface area contributed by atoms with Crippen molar-refractivity contribution < 1.29 is 19.0 Å². The van der Waals surface area contributed by atoms with E-state index in [1.54, 1.807) is 14.2 Å². The molecule has 0 bridgehead atoms. The fourth-order valence-corrected chi connectivity index (χ4v) is 2.64. The van der Waals surface area contributed by atoms with Gasteiger partial charge >= 0.3 is 0 Å². The molecule has 2 aromatic rings. The zero-order chi connectivity index (χ0) is 18.9. The molecule has 6 heteroatoms. The second-order valence-corrected chi connectivity index (χ2v) is 5.84. The van der Waals surface area contributed by atoms with E-state index in [0.717, 1.165) is 11.3 Å². The van der Waals surface area contributed by atoms with Gasteiger partial charge in [-0.3, -0.25) is 9.69 Å².